The molecular formula is C5H12Cl4N2O4Pt. The summed E-state index contributed by atoms with van der Waals surface area (Å²) in [7, 11) is 0. The molecule has 16 heavy (non-hydrogen) atoms. The molecule has 0 rings (SSSR count). The van der Waals surface area contributed by atoms with Crippen molar-refractivity contribution in [2.45, 2.75) is 18.3 Å². The molecule has 0 aromatic heterocycles. The molecule has 0 unspecified atom stereocenters. The largest absolute Gasteiger partial charge is 4.00 e. The molecule has 0 aromatic rings. The van der Waals surface area contributed by atoms with Crippen LogP contribution in [0.4, 0.5) is 0 Å². The second kappa shape index (κ2) is 21.4. The zero-order valence-corrected chi connectivity index (χ0v) is 13.0. The van der Waals surface area contributed by atoms with E-state index in [1.807, 2.05) is 0 Å². The molecule has 0 aromatic carbocycles. The Morgan fingerprint density at radius 3 is 1.69 bits per heavy atom. The normalized spacial score (nSPS) is 13.8. The van der Waals surface area contributed by atoms with Crippen molar-refractivity contribution in [3.05, 3.63) is 0 Å². The maximum atomic E-state index is 8.91. The molecule has 0 fully saturated rings. The number of aliphatic hydroxyl groups excluding tert-OH is 4. The molecule has 0 spiro atoms. The molecule has 0 bridgehead atoms. The van der Waals surface area contributed by atoms with Crippen molar-refractivity contribution in [2.24, 2.45) is 10.9 Å². The number of hydrogen-bond donors (Lipinski definition) is 5. The van der Waals surface area contributed by atoms with E-state index in [-0.39, 0.29) is 70.7 Å². The standard InChI is InChI=1S/C5H12N2O4.4ClH.Pt/c6-7-1-3(9)5(11)4(10)2-8;;;;;/h1,3-5,8-11H,2,6H2;4*1H;/q;;;;;+4/p-4/t3-,4-,5+;;;;;/m1...../s1. The van der Waals surface area contributed by atoms with Crippen LogP contribution in [0.15, 0.2) is 5.10 Å². The minimum atomic E-state index is -1.47. The van der Waals surface area contributed by atoms with Gasteiger partial charge in [-0.15, -0.1) is 0 Å². The van der Waals surface area contributed by atoms with Crippen LogP contribution in [0, 0.1) is 0 Å². The molecule has 0 radical (unpaired) electrons. The third kappa shape index (κ3) is 15.2. The van der Waals surface area contributed by atoms with Crippen molar-refractivity contribution in [3.63, 3.8) is 0 Å². The number of nitrogens with two attached hydrogens (primary N) is 1. The topological polar surface area (TPSA) is 119 Å². The number of aliphatic hydroxyl groups is 4. The predicted molar refractivity (Wildman–Crippen MR) is 37.8 cm³/mol. The van der Waals surface area contributed by atoms with Crippen LogP contribution in [0.1, 0.15) is 0 Å². The molecule has 0 aliphatic heterocycles. The summed E-state index contributed by atoms with van der Waals surface area (Å²) in [5.74, 6) is 4.66. The quantitative estimate of drug-likeness (QED) is 0.149. The molecule has 3 atom stereocenters. The first-order valence-electron chi connectivity index (χ1n) is 3.02. The van der Waals surface area contributed by atoms with Gasteiger partial charge in [-0.2, -0.15) is 5.10 Å². The molecule has 6 nitrogen and oxygen atoms in total. The molecule has 6 N–H and O–H groups in total. The van der Waals surface area contributed by atoms with Crippen molar-refractivity contribution in [1.82, 2.24) is 0 Å². The molecule has 0 heterocycles. The van der Waals surface area contributed by atoms with Crippen molar-refractivity contribution in [1.29, 1.82) is 0 Å². The fourth-order valence-electron chi connectivity index (χ4n) is 0.512. The first-order valence-corrected chi connectivity index (χ1v) is 3.02. The van der Waals surface area contributed by atoms with Gasteiger partial charge in [0.05, 0.1) is 12.8 Å². The van der Waals surface area contributed by atoms with Gasteiger partial charge in [-0.05, 0) is 0 Å². The Morgan fingerprint density at radius 2 is 1.44 bits per heavy atom. The number of hydrazone groups is 1. The first kappa shape index (κ1) is 36.0. The van der Waals surface area contributed by atoms with E-state index in [1.54, 1.807) is 0 Å². The smallest absolute Gasteiger partial charge is 1.00 e. The van der Waals surface area contributed by atoms with E-state index in [0.717, 1.165) is 6.21 Å². The minimum absolute atomic E-state index is 0. The average molecular weight is 501 g/mol. The van der Waals surface area contributed by atoms with Crippen molar-refractivity contribution >= 4 is 6.21 Å². The summed E-state index contributed by atoms with van der Waals surface area (Å²) < 4.78 is 0. The average Bonchev–Trinajstić information content (AvgIpc) is 2.02. The summed E-state index contributed by atoms with van der Waals surface area (Å²) in [6.07, 6.45) is -3.35. The maximum absolute atomic E-state index is 8.91. The zero-order chi connectivity index (χ0) is 8.85. The van der Waals surface area contributed by atoms with Crippen LogP contribution in [-0.4, -0.2) is 51.6 Å². The van der Waals surface area contributed by atoms with Crippen molar-refractivity contribution < 1.29 is 91.1 Å². The van der Waals surface area contributed by atoms with Gasteiger partial charge in [-0.25, -0.2) is 0 Å². The van der Waals surface area contributed by atoms with Gasteiger partial charge >= 0.3 is 21.1 Å². The van der Waals surface area contributed by atoms with Gasteiger partial charge < -0.3 is 75.9 Å². The van der Waals surface area contributed by atoms with Crippen LogP contribution in [0.3, 0.4) is 0 Å². The number of hydrogen-bond acceptors (Lipinski definition) is 6. The van der Waals surface area contributed by atoms with Gasteiger partial charge in [0.2, 0.25) is 0 Å². The number of rotatable bonds is 4. The molecule has 11 heteroatoms. The van der Waals surface area contributed by atoms with Gasteiger partial charge in [0, 0.05) is 0 Å². The molecule has 0 aliphatic rings. The van der Waals surface area contributed by atoms with Gasteiger partial charge in [0.25, 0.3) is 0 Å². The maximum Gasteiger partial charge on any atom is 4.00 e. The van der Waals surface area contributed by atoms with Gasteiger partial charge in [-0.1, -0.05) is 0 Å². The fourth-order valence-corrected chi connectivity index (χ4v) is 0.512. The Hall–Kier alpha value is 1.16. The Morgan fingerprint density at radius 1 is 1.06 bits per heavy atom. The third-order valence-corrected chi connectivity index (χ3v) is 1.17. The van der Waals surface area contributed by atoms with E-state index in [0.29, 0.717) is 0 Å². The molecule has 104 valence electrons. The van der Waals surface area contributed by atoms with E-state index in [4.69, 9.17) is 20.4 Å². The van der Waals surface area contributed by atoms with Gasteiger partial charge in [-0.3, -0.25) is 0 Å². The van der Waals surface area contributed by atoms with E-state index in [2.05, 4.69) is 10.9 Å². The number of nitrogens with zero attached hydrogens (tertiary/aromatic N) is 1. The van der Waals surface area contributed by atoms with Gasteiger partial charge in [0.15, 0.2) is 0 Å². The second-order valence-corrected chi connectivity index (χ2v) is 2.03. The van der Waals surface area contributed by atoms with Crippen LogP contribution in [0.2, 0.25) is 0 Å². The summed E-state index contributed by atoms with van der Waals surface area (Å²) >= 11 is 0. The molecule has 0 saturated carbocycles. The summed E-state index contributed by atoms with van der Waals surface area (Å²) in [5.41, 5.74) is 0. The zero-order valence-electron chi connectivity index (χ0n) is 7.66. The van der Waals surface area contributed by atoms with E-state index in [9.17, 15) is 0 Å². The molecule has 0 amide bonds. The summed E-state index contributed by atoms with van der Waals surface area (Å²) in [6.45, 7) is -0.628. The molecular weight excluding hydrogens is 489 g/mol. The monoisotopic (exact) mass is 499 g/mol. The molecule has 0 aliphatic carbocycles. The summed E-state index contributed by atoms with van der Waals surface area (Å²) in [4.78, 5) is 0. The Labute approximate surface area is 133 Å². The summed E-state index contributed by atoms with van der Waals surface area (Å²) in [6, 6.07) is 0. The predicted octanol–water partition coefficient (Wildman–Crippen LogP) is -15.0. The minimum Gasteiger partial charge on any atom is -1.00 e. The Kier molecular flexibility index (Phi) is 48.2. The fraction of sp³-hybridized carbons (Fsp3) is 0.800. The molecule has 0 saturated heterocycles. The van der Waals surface area contributed by atoms with Gasteiger partial charge in [0.1, 0.15) is 18.3 Å². The van der Waals surface area contributed by atoms with Crippen molar-refractivity contribution in [2.75, 3.05) is 6.61 Å². The van der Waals surface area contributed by atoms with Crippen LogP contribution in [-0.2, 0) is 21.1 Å². The SMILES string of the molecule is NN=C[C@@H](O)[C@H](O)[C@H](O)CO.[Cl-].[Cl-].[Cl-].[Cl-].[Pt+4]. The first-order chi connectivity index (χ1) is 5.13. The Bertz CT molecular complexity index is 148. The number of halogens is 4. The Balaban J connectivity index is -0.0000000500. The van der Waals surface area contributed by atoms with E-state index >= 15 is 0 Å². The van der Waals surface area contributed by atoms with Crippen LogP contribution < -0.4 is 55.5 Å². The second-order valence-electron chi connectivity index (χ2n) is 2.03. The van der Waals surface area contributed by atoms with Crippen LogP contribution in [0.25, 0.3) is 0 Å². The van der Waals surface area contributed by atoms with Crippen LogP contribution in [0.5, 0.6) is 0 Å². The third-order valence-electron chi connectivity index (χ3n) is 1.17. The van der Waals surface area contributed by atoms with Crippen molar-refractivity contribution in [3.8, 4) is 0 Å². The van der Waals surface area contributed by atoms with E-state index < -0.39 is 24.9 Å². The van der Waals surface area contributed by atoms with Crippen LogP contribution >= 0.6 is 0 Å². The van der Waals surface area contributed by atoms with E-state index in [1.165, 1.54) is 0 Å². The summed E-state index contributed by atoms with van der Waals surface area (Å²) in [5, 5.41) is 37.8.